The molecule has 1 aromatic heterocycles. The second-order valence-corrected chi connectivity index (χ2v) is 6.14. The quantitative estimate of drug-likeness (QED) is 0.867. The summed E-state index contributed by atoms with van der Waals surface area (Å²) in [7, 11) is 1.92. The van der Waals surface area contributed by atoms with E-state index in [0.29, 0.717) is 5.92 Å². The number of anilines is 2. The van der Waals surface area contributed by atoms with E-state index in [9.17, 15) is 0 Å². The highest BCUT2D eigenvalue weighted by Crippen LogP contribution is 2.34. The van der Waals surface area contributed by atoms with Gasteiger partial charge in [-0.05, 0) is 25.7 Å². The Balaban J connectivity index is 2.28. The van der Waals surface area contributed by atoms with Crippen molar-refractivity contribution in [3.05, 3.63) is 11.9 Å². The zero-order valence-corrected chi connectivity index (χ0v) is 12.6. The summed E-state index contributed by atoms with van der Waals surface area (Å²) in [5, 5.41) is 6.87. The van der Waals surface area contributed by atoms with E-state index in [0.717, 1.165) is 11.6 Å². The molecule has 0 bridgehead atoms. The van der Waals surface area contributed by atoms with E-state index >= 15 is 0 Å². The van der Waals surface area contributed by atoms with E-state index in [4.69, 9.17) is 0 Å². The molecule has 4 nitrogen and oxygen atoms in total. The third-order valence-electron chi connectivity index (χ3n) is 4.08. The molecule has 4 heteroatoms. The van der Waals surface area contributed by atoms with Crippen molar-refractivity contribution >= 4 is 11.6 Å². The highest BCUT2D eigenvalue weighted by atomic mass is 15.1. The molecule has 106 valence electrons. The molecule has 1 heterocycles. The molecule has 2 rings (SSSR count). The summed E-state index contributed by atoms with van der Waals surface area (Å²) in [6.45, 7) is 6.69. The monoisotopic (exact) mass is 262 g/mol. The number of hydrogen-bond acceptors (Lipinski definition) is 4. The first-order chi connectivity index (χ1) is 9.06. The topological polar surface area (TPSA) is 49.8 Å². The Hall–Kier alpha value is -1.32. The Kier molecular flexibility index (Phi) is 4.27. The minimum absolute atomic E-state index is 0.182. The van der Waals surface area contributed by atoms with E-state index in [1.807, 2.05) is 7.05 Å². The fraction of sp³-hybridized carbons (Fsp3) is 0.733. The van der Waals surface area contributed by atoms with Crippen LogP contribution in [-0.2, 0) is 0 Å². The third-order valence-corrected chi connectivity index (χ3v) is 4.08. The lowest BCUT2D eigenvalue weighted by Crippen LogP contribution is -2.37. The summed E-state index contributed by atoms with van der Waals surface area (Å²) in [6, 6.07) is 0. The Morgan fingerprint density at radius 2 is 1.74 bits per heavy atom. The predicted octanol–water partition coefficient (Wildman–Crippen LogP) is 3.78. The molecule has 1 fully saturated rings. The molecule has 0 atom stereocenters. The molecule has 0 spiro atoms. The number of hydrogen-bond donors (Lipinski definition) is 2. The van der Waals surface area contributed by atoms with Crippen LogP contribution >= 0.6 is 0 Å². The Morgan fingerprint density at radius 1 is 1.11 bits per heavy atom. The highest BCUT2D eigenvalue weighted by molar-refractivity contribution is 5.59. The fourth-order valence-corrected chi connectivity index (χ4v) is 2.98. The standard InChI is InChI=1S/C15H26N4/c1-11(2)12-13(16-4)17-10-18-14(12)19-15(3)8-6-5-7-9-15/h10-11H,5-9H2,1-4H3,(H2,16,17,18,19). The first kappa shape index (κ1) is 14.1. The summed E-state index contributed by atoms with van der Waals surface area (Å²) in [5.41, 5.74) is 1.37. The van der Waals surface area contributed by atoms with Crippen LogP contribution in [0.3, 0.4) is 0 Å². The van der Waals surface area contributed by atoms with Gasteiger partial charge in [0, 0.05) is 18.2 Å². The molecule has 0 amide bonds. The Labute approximate surface area is 116 Å². The molecule has 0 aliphatic heterocycles. The van der Waals surface area contributed by atoms with Gasteiger partial charge in [0.1, 0.15) is 18.0 Å². The van der Waals surface area contributed by atoms with Crippen molar-refractivity contribution in [3.8, 4) is 0 Å². The molecule has 1 aliphatic rings. The molecule has 0 saturated heterocycles. The molecule has 1 aliphatic carbocycles. The maximum absolute atomic E-state index is 4.49. The summed E-state index contributed by atoms with van der Waals surface area (Å²) < 4.78 is 0. The summed E-state index contributed by atoms with van der Waals surface area (Å²) in [6.07, 6.45) is 8.08. The van der Waals surface area contributed by atoms with E-state index in [2.05, 4.69) is 41.4 Å². The molecule has 1 saturated carbocycles. The smallest absolute Gasteiger partial charge is 0.135 e. The SMILES string of the molecule is CNc1ncnc(NC2(C)CCCCC2)c1C(C)C. The number of aromatic nitrogens is 2. The molecule has 1 aromatic rings. The molecule has 0 radical (unpaired) electrons. The van der Waals surface area contributed by atoms with Crippen molar-refractivity contribution < 1.29 is 0 Å². The van der Waals surface area contributed by atoms with Crippen molar-refractivity contribution in [2.24, 2.45) is 0 Å². The van der Waals surface area contributed by atoms with Gasteiger partial charge in [0.25, 0.3) is 0 Å². The van der Waals surface area contributed by atoms with Crippen molar-refractivity contribution in [3.63, 3.8) is 0 Å². The van der Waals surface area contributed by atoms with Crippen molar-refractivity contribution in [1.29, 1.82) is 0 Å². The molecule has 2 N–H and O–H groups in total. The van der Waals surface area contributed by atoms with E-state index in [1.54, 1.807) is 6.33 Å². The molecule has 19 heavy (non-hydrogen) atoms. The zero-order valence-electron chi connectivity index (χ0n) is 12.6. The van der Waals surface area contributed by atoms with Crippen molar-refractivity contribution in [2.75, 3.05) is 17.7 Å². The van der Waals surface area contributed by atoms with E-state index in [-0.39, 0.29) is 5.54 Å². The lowest BCUT2D eigenvalue weighted by atomic mass is 9.83. The van der Waals surface area contributed by atoms with Gasteiger partial charge in [-0.25, -0.2) is 9.97 Å². The highest BCUT2D eigenvalue weighted by Gasteiger charge is 2.28. The van der Waals surface area contributed by atoms with Gasteiger partial charge >= 0.3 is 0 Å². The van der Waals surface area contributed by atoms with Gasteiger partial charge in [0.2, 0.25) is 0 Å². The van der Waals surface area contributed by atoms with Crippen LogP contribution in [0, 0.1) is 0 Å². The van der Waals surface area contributed by atoms with Crippen LogP contribution < -0.4 is 10.6 Å². The average molecular weight is 262 g/mol. The van der Waals surface area contributed by atoms with Gasteiger partial charge in [0.05, 0.1) is 0 Å². The molecule has 0 unspecified atom stereocenters. The Bertz CT molecular complexity index is 422. The number of nitrogens with zero attached hydrogens (tertiary/aromatic N) is 2. The lowest BCUT2D eigenvalue weighted by Gasteiger charge is -2.36. The van der Waals surface area contributed by atoms with Gasteiger partial charge in [0.15, 0.2) is 0 Å². The van der Waals surface area contributed by atoms with Gasteiger partial charge in [-0.2, -0.15) is 0 Å². The van der Waals surface area contributed by atoms with Crippen LogP contribution in [0.2, 0.25) is 0 Å². The number of rotatable bonds is 4. The normalized spacial score (nSPS) is 18.4. The van der Waals surface area contributed by atoms with Crippen LogP contribution in [0.25, 0.3) is 0 Å². The van der Waals surface area contributed by atoms with Crippen LogP contribution in [0.5, 0.6) is 0 Å². The zero-order chi connectivity index (χ0) is 13.9. The summed E-state index contributed by atoms with van der Waals surface area (Å²) >= 11 is 0. The van der Waals surface area contributed by atoms with Gasteiger partial charge in [-0.1, -0.05) is 33.1 Å². The van der Waals surface area contributed by atoms with E-state index in [1.165, 1.54) is 37.7 Å². The maximum atomic E-state index is 4.49. The average Bonchev–Trinajstić information content (AvgIpc) is 2.38. The third kappa shape index (κ3) is 3.17. The largest absolute Gasteiger partial charge is 0.373 e. The lowest BCUT2D eigenvalue weighted by molar-refractivity contribution is 0.348. The van der Waals surface area contributed by atoms with Crippen LogP contribution in [0.4, 0.5) is 11.6 Å². The minimum atomic E-state index is 0.182. The van der Waals surface area contributed by atoms with Crippen molar-refractivity contribution in [2.45, 2.75) is 64.3 Å². The van der Waals surface area contributed by atoms with Gasteiger partial charge in [-0.15, -0.1) is 0 Å². The Morgan fingerprint density at radius 3 is 2.32 bits per heavy atom. The second kappa shape index (κ2) is 5.76. The second-order valence-electron chi connectivity index (χ2n) is 6.14. The van der Waals surface area contributed by atoms with Crippen LogP contribution in [-0.4, -0.2) is 22.6 Å². The van der Waals surface area contributed by atoms with Crippen LogP contribution in [0.1, 0.15) is 64.4 Å². The van der Waals surface area contributed by atoms with Gasteiger partial charge < -0.3 is 10.6 Å². The first-order valence-electron chi connectivity index (χ1n) is 7.36. The predicted molar refractivity (Wildman–Crippen MR) is 80.8 cm³/mol. The summed E-state index contributed by atoms with van der Waals surface area (Å²) in [4.78, 5) is 8.82. The van der Waals surface area contributed by atoms with Gasteiger partial charge in [-0.3, -0.25) is 0 Å². The summed E-state index contributed by atoms with van der Waals surface area (Å²) in [5.74, 6) is 2.34. The fourth-order valence-electron chi connectivity index (χ4n) is 2.98. The maximum Gasteiger partial charge on any atom is 0.135 e. The van der Waals surface area contributed by atoms with E-state index < -0.39 is 0 Å². The molecule has 0 aromatic carbocycles. The molecular formula is C15H26N4. The number of nitrogens with one attached hydrogen (secondary N) is 2. The van der Waals surface area contributed by atoms with Crippen LogP contribution in [0.15, 0.2) is 6.33 Å². The molecular weight excluding hydrogens is 236 g/mol. The van der Waals surface area contributed by atoms with Crippen molar-refractivity contribution in [1.82, 2.24) is 9.97 Å². The minimum Gasteiger partial charge on any atom is -0.373 e. The first-order valence-corrected chi connectivity index (χ1v) is 7.36.